The maximum Gasteiger partial charge on any atom is 0.230 e. The van der Waals surface area contributed by atoms with E-state index in [1.165, 1.54) is 6.42 Å². The van der Waals surface area contributed by atoms with E-state index in [-0.39, 0.29) is 11.3 Å². The zero-order chi connectivity index (χ0) is 17.0. The Kier molecular flexibility index (Phi) is 6.58. The van der Waals surface area contributed by atoms with Crippen molar-refractivity contribution in [1.82, 2.24) is 0 Å². The summed E-state index contributed by atoms with van der Waals surface area (Å²) in [4.78, 5) is 13.5. The third-order valence-electron chi connectivity index (χ3n) is 4.76. The summed E-state index contributed by atoms with van der Waals surface area (Å²) in [6.45, 7) is 4.41. The highest BCUT2D eigenvalue weighted by Crippen LogP contribution is 2.42. The van der Waals surface area contributed by atoms with Crippen LogP contribution in [0.4, 0.5) is 5.69 Å². The van der Waals surface area contributed by atoms with E-state index in [4.69, 9.17) is 35.8 Å². The fraction of sp³-hybridized carbons (Fsp3) is 0.611. The van der Waals surface area contributed by atoms with Crippen molar-refractivity contribution >= 4 is 47.4 Å². The van der Waals surface area contributed by atoms with Gasteiger partial charge in [-0.1, -0.05) is 68.9 Å². The maximum atomic E-state index is 13.0. The zero-order valence-corrected chi connectivity index (χ0v) is 16.1. The van der Waals surface area contributed by atoms with E-state index in [1.54, 1.807) is 12.1 Å². The molecule has 127 valence electrons. The standard InChI is InChI=1S/C18H24Cl2NOS/c1-12(2)6-9-18(7-4-3-5-8-18)17(22)21-15-10-13(19)14(20)11-16(15)23/h10-12H,3-9H2,1-2H3,(H,21,22). The molecular formula is C18H24Cl2NOS. The second-order valence-electron chi connectivity index (χ2n) is 6.99. The first-order valence-electron chi connectivity index (χ1n) is 8.31. The molecule has 1 aliphatic carbocycles. The number of benzene rings is 1. The number of hydrogen-bond acceptors (Lipinski definition) is 1. The van der Waals surface area contributed by atoms with Crippen LogP contribution in [0.1, 0.15) is 58.8 Å². The maximum absolute atomic E-state index is 13.0. The fourth-order valence-corrected chi connectivity index (χ4v) is 3.89. The van der Waals surface area contributed by atoms with Crippen LogP contribution in [-0.2, 0) is 4.79 Å². The molecule has 1 saturated carbocycles. The molecule has 0 aromatic heterocycles. The molecule has 0 bridgehead atoms. The molecule has 2 nitrogen and oxygen atoms in total. The Morgan fingerprint density at radius 1 is 1.22 bits per heavy atom. The number of halogens is 2. The van der Waals surface area contributed by atoms with Gasteiger partial charge in [-0.05, 0) is 43.7 Å². The number of nitrogens with one attached hydrogen (secondary N) is 1. The van der Waals surface area contributed by atoms with Gasteiger partial charge in [-0.25, -0.2) is 0 Å². The monoisotopic (exact) mass is 372 g/mol. The molecule has 2 rings (SSSR count). The third kappa shape index (κ3) is 4.74. The van der Waals surface area contributed by atoms with Crippen molar-refractivity contribution in [2.24, 2.45) is 11.3 Å². The van der Waals surface area contributed by atoms with E-state index in [1.807, 2.05) is 0 Å². The minimum absolute atomic E-state index is 0.0855. The van der Waals surface area contributed by atoms with Gasteiger partial charge in [-0.15, -0.1) is 0 Å². The van der Waals surface area contributed by atoms with Crippen molar-refractivity contribution in [3.8, 4) is 0 Å². The first-order chi connectivity index (χ1) is 10.8. The molecule has 0 heterocycles. The van der Waals surface area contributed by atoms with Gasteiger partial charge in [0.2, 0.25) is 5.91 Å². The Bertz CT molecular complexity index is 568. The Morgan fingerprint density at radius 2 is 1.83 bits per heavy atom. The normalized spacial score (nSPS) is 17.3. The molecule has 0 unspecified atom stereocenters. The molecule has 5 heteroatoms. The quantitative estimate of drug-likeness (QED) is 0.599. The minimum Gasteiger partial charge on any atom is -0.324 e. The van der Waals surface area contributed by atoms with Crippen LogP contribution in [0.15, 0.2) is 17.0 Å². The van der Waals surface area contributed by atoms with Crippen LogP contribution in [-0.4, -0.2) is 5.91 Å². The second kappa shape index (κ2) is 8.04. The van der Waals surface area contributed by atoms with Crippen molar-refractivity contribution < 1.29 is 4.79 Å². The molecule has 23 heavy (non-hydrogen) atoms. The van der Waals surface area contributed by atoms with Crippen LogP contribution in [0.5, 0.6) is 0 Å². The van der Waals surface area contributed by atoms with E-state index >= 15 is 0 Å². The van der Waals surface area contributed by atoms with E-state index in [0.717, 1.165) is 38.5 Å². The van der Waals surface area contributed by atoms with E-state index < -0.39 is 0 Å². The number of rotatable bonds is 5. The van der Waals surface area contributed by atoms with Gasteiger partial charge in [0.05, 0.1) is 20.6 Å². The van der Waals surface area contributed by atoms with Crippen molar-refractivity contribution in [2.45, 2.75) is 63.7 Å². The lowest BCUT2D eigenvalue weighted by Gasteiger charge is -2.36. The fourth-order valence-electron chi connectivity index (χ4n) is 3.27. The first kappa shape index (κ1) is 18.8. The number of hydrogen-bond donors (Lipinski definition) is 1. The molecule has 1 amide bonds. The first-order valence-corrected chi connectivity index (χ1v) is 9.48. The third-order valence-corrected chi connectivity index (χ3v) is 5.82. The Morgan fingerprint density at radius 3 is 2.43 bits per heavy atom. The van der Waals surface area contributed by atoms with Gasteiger partial charge in [0, 0.05) is 5.41 Å². The largest absolute Gasteiger partial charge is 0.324 e. The Balaban J connectivity index is 2.19. The van der Waals surface area contributed by atoms with E-state index in [0.29, 0.717) is 26.5 Å². The van der Waals surface area contributed by atoms with Crippen molar-refractivity contribution in [3.63, 3.8) is 0 Å². The van der Waals surface area contributed by atoms with E-state index in [2.05, 4.69) is 19.2 Å². The molecule has 1 aromatic rings. The van der Waals surface area contributed by atoms with Crippen molar-refractivity contribution in [3.05, 3.63) is 22.2 Å². The minimum atomic E-state index is -0.267. The van der Waals surface area contributed by atoms with Crippen molar-refractivity contribution in [2.75, 3.05) is 5.32 Å². The number of amides is 1. The Hall–Kier alpha value is -0.510. The summed E-state index contributed by atoms with van der Waals surface area (Å²) in [5, 5.41) is 3.86. The summed E-state index contributed by atoms with van der Waals surface area (Å²) in [6, 6.07) is 3.28. The van der Waals surface area contributed by atoms with Crippen LogP contribution < -0.4 is 5.32 Å². The highest BCUT2D eigenvalue weighted by atomic mass is 35.5. The van der Waals surface area contributed by atoms with Gasteiger partial charge in [0.1, 0.15) is 0 Å². The average Bonchev–Trinajstić information content (AvgIpc) is 2.51. The highest BCUT2D eigenvalue weighted by molar-refractivity contribution is 7.80. The number of carbonyl (C=O) groups is 1. The molecule has 0 saturated heterocycles. The molecule has 0 spiro atoms. The van der Waals surface area contributed by atoms with Crippen LogP contribution in [0.3, 0.4) is 0 Å². The zero-order valence-electron chi connectivity index (χ0n) is 13.8. The van der Waals surface area contributed by atoms with Crippen LogP contribution in [0.25, 0.3) is 0 Å². The molecular weight excluding hydrogens is 349 g/mol. The lowest BCUT2D eigenvalue weighted by atomic mass is 9.69. The Labute approximate surface area is 154 Å². The highest BCUT2D eigenvalue weighted by Gasteiger charge is 2.39. The van der Waals surface area contributed by atoms with Gasteiger partial charge in [-0.2, -0.15) is 0 Å². The van der Waals surface area contributed by atoms with E-state index in [9.17, 15) is 4.79 Å². The predicted octanol–water partition coefficient (Wildman–Crippen LogP) is 6.88. The molecule has 1 fully saturated rings. The van der Waals surface area contributed by atoms with Gasteiger partial charge < -0.3 is 5.32 Å². The van der Waals surface area contributed by atoms with Gasteiger partial charge >= 0.3 is 0 Å². The summed E-state index contributed by atoms with van der Waals surface area (Å²) in [5.41, 5.74) is 0.324. The summed E-state index contributed by atoms with van der Waals surface area (Å²) in [7, 11) is 0. The lowest BCUT2D eigenvalue weighted by Crippen LogP contribution is -2.38. The molecule has 0 aliphatic heterocycles. The molecule has 1 aliphatic rings. The van der Waals surface area contributed by atoms with Crippen molar-refractivity contribution in [1.29, 1.82) is 0 Å². The van der Waals surface area contributed by atoms with Crippen LogP contribution >= 0.6 is 35.8 Å². The summed E-state index contributed by atoms with van der Waals surface area (Å²) in [5.74, 6) is 0.684. The van der Waals surface area contributed by atoms with Crippen LogP contribution in [0.2, 0.25) is 10.0 Å². The molecule has 1 aromatic carbocycles. The smallest absolute Gasteiger partial charge is 0.230 e. The molecule has 0 atom stereocenters. The van der Waals surface area contributed by atoms with Crippen LogP contribution in [0, 0.1) is 11.3 Å². The summed E-state index contributed by atoms with van der Waals surface area (Å²) >= 11 is 17.3. The lowest BCUT2D eigenvalue weighted by molar-refractivity contribution is -0.128. The predicted molar refractivity (Wildman–Crippen MR) is 101 cm³/mol. The average molecular weight is 373 g/mol. The second-order valence-corrected chi connectivity index (χ2v) is 8.24. The molecule has 1 radical (unpaired) electrons. The molecule has 1 N–H and O–H groups in total. The van der Waals surface area contributed by atoms with Gasteiger partial charge in [-0.3, -0.25) is 4.79 Å². The van der Waals surface area contributed by atoms with Gasteiger partial charge in [0.25, 0.3) is 0 Å². The summed E-state index contributed by atoms with van der Waals surface area (Å²) < 4.78 is 0. The number of anilines is 1. The summed E-state index contributed by atoms with van der Waals surface area (Å²) in [6.07, 6.45) is 7.37. The topological polar surface area (TPSA) is 29.1 Å². The number of carbonyl (C=O) groups excluding carboxylic acids is 1. The van der Waals surface area contributed by atoms with Gasteiger partial charge in [0.15, 0.2) is 0 Å². The SMILES string of the molecule is CC(C)CCC1(C(=O)Nc2cc(Cl)c(Cl)cc2[S])CCCCC1.